The summed E-state index contributed by atoms with van der Waals surface area (Å²) in [5, 5.41) is 10.5. The number of aryl methyl sites for hydroxylation is 2. The van der Waals surface area contributed by atoms with Crippen LogP contribution in [0.4, 0.5) is 18.9 Å². The lowest BCUT2D eigenvalue weighted by molar-refractivity contribution is -0.143. The van der Waals surface area contributed by atoms with Crippen LogP contribution in [0, 0.1) is 13.8 Å². The highest BCUT2D eigenvalue weighted by molar-refractivity contribution is 6.34. The van der Waals surface area contributed by atoms with Crippen molar-refractivity contribution in [2.75, 3.05) is 5.32 Å². The zero-order chi connectivity index (χ0) is 21.5. The number of rotatable bonds is 4. The van der Waals surface area contributed by atoms with Gasteiger partial charge in [-0.3, -0.25) is 14.2 Å². The number of aromatic nitrogens is 4. The van der Waals surface area contributed by atoms with Gasteiger partial charge in [0.2, 0.25) is 0 Å². The van der Waals surface area contributed by atoms with Gasteiger partial charge in [-0.1, -0.05) is 35.3 Å². The molecule has 0 unspecified atom stereocenters. The fourth-order valence-corrected chi connectivity index (χ4v) is 3.40. The van der Waals surface area contributed by atoms with Gasteiger partial charge < -0.3 is 5.32 Å². The molecule has 3 aromatic rings. The number of hydrogen-bond donors (Lipinski definition) is 1. The van der Waals surface area contributed by atoms with Gasteiger partial charge in [-0.15, -0.1) is 0 Å². The molecule has 0 bridgehead atoms. The van der Waals surface area contributed by atoms with Gasteiger partial charge in [0, 0.05) is 12.1 Å². The zero-order valence-corrected chi connectivity index (χ0v) is 17.1. The number of carbonyl (C=O) groups is 1. The van der Waals surface area contributed by atoms with E-state index >= 15 is 0 Å². The van der Waals surface area contributed by atoms with Gasteiger partial charge in [0.25, 0.3) is 5.91 Å². The summed E-state index contributed by atoms with van der Waals surface area (Å²) in [5.74, 6) is -0.849. The second kappa shape index (κ2) is 7.72. The third-order valence-corrected chi connectivity index (χ3v) is 4.95. The highest BCUT2D eigenvalue weighted by Crippen LogP contribution is 2.36. The summed E-state index contributed by atoms with van der Waals surface area (Å²) < 4.78 is 41.5. The van der Waals surface area contributed by atoms with Crippen LogP contribution in [0.5, 0.6) is 0 Å². The molecule has 1 aromatic carbocycles. The van der Waals surface area contributed by atoms with Crippen molar-refractivity contribution in [2.45, 2.75) is 26.6 Å². The van der Waals surface area contributed by atoms with Crippen molar-refractivity contribution in [3.05, 3.63) is 62.6 Å². The lowest BCUT2D eigenvalue weighted by Crippen LogP contribution is -2.15. The number of halogens is 5. The van der Waals surface area contributed by atoms with E-state index in [9.17, 15) is 18.0 Å². The summed E-state index contributed by atoms with van der Waals surface area (Å²) in [4.78, 5) is 12.5. The first-order chi connectivity index (χ1) is 13.5. The number of amides is 1. The standard InChI is InChI=1S/C18H16Cl2F3N5O/c1-9-14(10(2)28(25-9)8-11-4-6-12(19)7-5-11)24-17(29)15-13(20)16(18(21,22)23)27(3)26-15/h4-7H,8H2,1-3H3,(H,24,29). The predicted molar refractivity (Wildman–Crippen MR) is 103 cm³/mol. The maximum Gasteiger partial charge on any atom is 0.434 e. The summed E-state index contributed by atoms with van der Waals surface area (Å²) in [7, 11) is 1.08. The highest BCUT2D eigenvalue weighted by atomic mass is 35.5. The number of alkyl halides is 3. The molecule has 0 saturated heterocycles. The topological polar surface area (TPSA) is 64.7 Å². The molecule has 0 spiro atoms. The molecule has 11 heteroatoms. The van der Waals surface area contributed by atoms with Crippen molar-refractivity contribution >= 4 is 34.8 Å². The van der Waals surface area contributed by atoms with Gasteiger partial charge in [0.15, 0.2) is 11.4 Å². The molecule has 0 saturated carbocycles. The average Bonchev–Trinajstić information content (AvgIpc) is 3.07. The van der Waals surface area contributed by atoms with Crippen LogP contribution in [-0.4, -0.2) is 25.5 Å². The molecule has 0 radical (unpaired) electrons. The van der Waals surface area contributed by atoms with Gasteiger partial charge in [-0.05, 0) is 31.5 Å². The van der Waals surface area contributed by atoms with Crippen molar-refractivity contribution in [1.29, 1.82) is 0 Å². The SMILES string of the molecule is Cc1nn(Cc2ccc(Cl)cc2)c(C)c1NC(=O)c1nn(C)c(C(F)(F)F)c1Cl. The van der Waals surface area contributed by atoms with E-state index in [1.54, 1.807) is 30.7 Å². The zero-order valence-electron chi connectivity index (χ0n) is 15.6. The highest BCUT2D eigenvalue weighted by Gasteiger charge is 2.40. The number of carbonyl (C=O) groups excluding carboxylic acids is 1. The van der Waals surface area contributed by atoms with Crippen LogP contribution in [-0.2, 0) is 19.8 Å². The Kier molecular flexibility index (Phi) is 5.64. The fraction of sp³-hybridized carbons (Fsp3) is 0.278. The van der Waals surface area contributed by atoms with E-state index in [4.69, 9.17) is 23.2 Å². The molecule has 0 aliphatic heterocycles. The molecule has 6 nitrogen and oxygen atoms in total. The van der Waals surface area contributed by atoms with Crippen LogP contribution in [0.25, 0.3) is 0 Å². The van der Waals surface area contributed by atoms with E-state index in [0.29, 0.717) is 33.3 Å². The third-order valence-electron chi connectivity index (χ3n) is 4.34. The van der Waals surface area contributed by atoms with E-state index in [0.717, 1.165) is 12.6 Å². The number of nitrogens with one attached hydrogen (secondary N) is 1. The molecule has 154 valence electrons. The molecule has 0 atom stereocenters. The largest absolute Gasteiger partial charge is 0.434 e. The molecule has 3 rings (SSSR count). The van der Waals surface area contributed by atoms with E-state index < -0.39 is 28.5 Å². The minimum atomic E-state index is -4.73. The third kappa shape index (κ3) is 4.25. The lowest BCUT2D eigenvalue weighted by Gasteiger charge is -2.07. The van der Waals surface area contributed by atoms with Crippen LogP contribution in [0.3, 0.4) is 0 Å². The minimum absolute atomic E-state index is 0.388. The molecule has 1 amide bonds. The first kappa shape index (κ1) is 21.2. The number of anilines is 1. The summed E-state index contributed by atoms with van der Waals surface area (Å²) in [6.45, 7) is 3.86. The van der Waals surface area contributed by atoms with Crippen LogP contribution in [0.2, 0.25) is 10.0 Å². The molecular weight excluding hydrogens is 430 g/mol. The first-order valence-corrected chi connectivity index (χ1v) is 9.14. The molecule has 0 aliphatic carbocycles. The predicted octanol–water partition coefficient (Wildman–Crippen LogP) is 4.86. The summed E-state index contributed by atoms with van der Waals surface area (Å²) in [5.41, 5.74) is 0.781. The van der Waals surface area contributed by atoms with E-state index in [1.807, 2.05) is 12.1 Å². The fourth-order valence-electron chi connectivity index (χ4n) is 2.92. The monoisotopic (exact) mass is 445 g/mol. The second-order valence-corrected chi connectivity index (χ2v) is 7.23. The Morgan fingerprint density at radius 1 is 1.14 bits per heavy atom. The number of hydrogen-bond acceptors (Lipinski definition) is 3. The lowest BCUT2D eigenvalue weighted by atomic mass is 10.2. The smallest absolute Gasteiger partial charge is 0.317 e. The Morgan fingerprint density at radius 3 is 2.31 bits per heavy atom. The normalized spacial score (nSPS) is 11.7. The van der Waals surface area contributed by atoms with Crippen molar-refractivity contribution < 1.29 is 18.0 Å². The van der Waals surface area contributed by atoms with E-state index in [2.05, 4.69) is 15.5 Å². The van der Waals surface area contributed by atoms with Crippen molar-refractivity contribution in [3.63, 3.8) is 0 Å². The molecule has 2 aromatic heterocycles. The molecule has 29 heavy (non-hydrogen) atoms. The van der Waals surface area contributed by atoms with E-state index in [-0.39, 0.29) is 0 Å². The first-order valence-electron chi connectivity index (χ1n) is 8.38. The second-order valence-electron chi connectivity index (χ2n) is 6.42. The Hall–Kier alpha value is -2.52. The van der Waals surface area contributed by atoms with Gasteiger partial charge in [-0.25, -0.2) is 0 Å². The minimum Gasteiger partial charge on any atom is -0.317 e. The van der Waals surface area contributed by atoms with Crippen LogP contribution >= 0.6 is 23.2 Å². The number of benzene rings is 1. The molecular formula is C18H16Cl2F3N5O. The summed E-state index contributed by atoms with van der Waals surface area (Å²) in [6, 6.07) is 7.21. The van der Waals surface area contributed by atoms with Crippen molar-refractivity contribution in [2.24, 2.45) is 7.05 Å². The number of nitrogens with zero attached hydrogens (tertiary/aromatic N) is 4. The maximum absolute atomic E-state index is 13.1. The van der Waals surface area contributed by atoms with Crippen LogP contribution in [0.15, 0.2) is 24.3 Å². The van der Waals surface area contributed by atoms with Crippen LogP contribution in [0.1, 0.15) is 33.1 Å². The Bertz CT molecular complexity index is 1070. The Morgan fingerprint density at radius 2 is 1.76 bits per heavy atom. The van der Waals surface area contributed by atoms with Gasteiger partial charge in [-0.2, -0.15) is 23.4 Å². The molecule has 2 heterocycles. The maximum atomic E-state index is 13.1. The molecule has 0 aliphatic rings. The van der Waals surface area contributed by atoms with Crippen LogP contribution < -0.4 is 5.32 Å². The van der Waals surface area contributed by atoms with Gasteiger partial charge >= 0.3 is 6.18 Å². The van der Waals surface area contributed by atoms with Gasteiger partial charge in [0.1, 0.15) is 5.02 Å². The van der Waals surface area contributed by atoms with Crippen molar-refractivity contribution in [3.8, 4) is 0 Å². The quantitative estimate of drug-likeness (QED) is 0.623. The summed E-state index contributed by atoms with van der Waals surface area (Å²) in [6.07, 6.45) is -4.73. The average molecular weight is 446 g/mol. The van der Waals surface area contributed by atoms with Gasteiger partial charge in [0.05, 0.1) is 23.6 Å². The molecule has 1 N–H and O–H groups in total. The summed E-state index contributed by atoms with van der Waals surface area (Å²) >= 11 is 11.7. The Balaban J connectivity index is 1.87. The Labute approximate surface area is 174 Å². The van der Waals surface area contributed by atoms with E-state index in [1.165, 1.54) is 0 Å². The van der Waals surface area contributed by atoms with Crippen molar-refractivity contribution in [1.82, 2.24) is 19.6 Å². The molecule has 0 fully saturated rings.